The van der Waals surface area contributed by atoms with Gasteiger partial charge in [0.1, 0.15) is 16.8 Å². The lowest BCUT2D eigenvalue weighted by Crippen LogP contribution is -2.00. The van der Waals surface area contributed by atoms with Gasteiger partial charge >= 0.3 is 7.69 Å². The van der Waals surface area contributed by atoms with Crippen molar-refractivity contribution in [2.45, 2.75) is 0 Å². The van der Waals surface area contributed by atoms with E-state index in [9.17, 15) is 0 Å². The minimum atomic E-state index is 0.604. The Morgan fingerprint density at radius 1 is 0.375 bits per heavy atom. The fraction of sp³-hybridized carbons (Fsp3) is 0. The van der Waals surface area contributed by atoms with Crippen LogP contribution >= 0.6 is 22.6 Å². The molecule has 0 aliphatic rings. The average molecular weight is 1040 g/mol. The summed E-state index contributed by atoms with van der Waals surface area (Å²) in [6.45, 7) is 0. The summed E-state index contributed by atoms with van der Waals surface area (Å²) in [4.78, 5) is 9.05. The minimum absolute atomic E-state index is 0.604. The molecule has 0 spiro atoms. The number of benzene rings is 10. The summed E-state index contributed by atoms with van der Waals surface area (Å²) < 4.78 is 22.3. The van der Waals surface area contributed by atoms with Gasteiger partial charge in [0.2, 0.25) is 11.8 Å². The molecule has 0 amide bonds. The van der Waals surface area contributed by atoms with Crippen molar-refractivity contribution < 1.29 is 18.5 Å². The Balaban J connectivity index is 0.000000120. The molecule has 0 bridgehead atoms. The molecule has 4 heterocycles. The largest absolute Gasteiger partial charge is 0.569 e. The number of aromatic nitrogens is 4. The maximum atomic E-state index is 8.70. The van der Waals surface area contributed by atoms with Gasteiger partial charge in [-0.15, -0.1) is 0 Å². The Kier molecular flexibility index (Phi) is 12.1. The summed E-state index contributed by atoms with van der Waals surface area (Å²) in [5.74, 6) is 1.93. The fourth-order valence-electron chi connectivity index (χ4n) is 9.33. The second-order valence-electron chi connectivity index (χ2n) is 17.1. The maximum Gasteiger partial charge on any atom is 0.569 e. The zero-order valence-corrected chi connectivity index (χ0v) is 40.7. The first-order valence-electron chi connectivity index (χ1n) is 23.4. The zero-order valence-electron chi connectivity index (χ0n) is 38.5. The van der Waals surface area contributed by atoms with E-state index >= 15 is 0 Å². The van der Waals surface area contributed by atoms with E-state index < -0.39 is 0 Å². The molecular formula is C62H41BIN4O4. The Hall–Kier alpha value is -8.71. The molecule has 1 N–H and O–H groups in total. The molecule has 0 atom stereocenters. The summed E-state index contributed by atoms with van der Waals surface area (Å²) in [5.41, 5.74) is 14.7. The van der Waals surface area contributed by atoms with E-state index in [1.54, 1.807) is 0 Å². The summed E-state index contributed by atoms with van der Waals surface area (Å²) in [7, 11) is 0.690. The average Bonchev–Trinajstić information content (AvgIpc) is 4.23. The topological polar surface area (TPSA) is 91.4 Å². The number of fused-ring (bicyclic) bond motifs is 8. The highest BCUT2D eigenvalue weighted by molar-refractivity contribution is 14.1. The number of oxazole rings is 2. The lowest BCUT2D eigenvalue weighted by molar-refractivity contribution is 0.454. The van der Waals surface area contributed by atoms with Crippen LogP contribution in [0.3, 0.4) is 0 Å². The maximum absolute atomic E-state index is 8.70. The molecule has 343 valence electrons. The molecule has 10 aromatic carbocycles. The number of rotatable bonds is 7. The van der Waals surface area contributed by atoms with Crippen LogP contribution in [0.15, 0.2) is 251 Å². The zero-order chi connectivity index (χ0) is 48.4. The van der Waals surface area contributed by atoms with Crippen LogP contribution in [-0.4, -0.2) is 31.8 Å². The highest BCUT2D eigenvalue weighted by Gasteiger charge is 2.14. The smallest absolute Gasteiger partial charge is 0.537 e. The lowest BCUT2D eigenvalue weighted by atomic mass is 10.0. The first kappa shape index (κ1) is 44.5. The molecule has 10 heteroatoms. The van der Waals surface area contributed by atoms with Gasteiger partial charge < -0.3 is 27.6 Å². The minimum Gasteiger partial charge on any atom is -0.537 e. The molecule has 8 nitrogen and oxygen atoms in total. The SMILES string of the molecule is Ic1ccc(-c2nc3ccccc3o2)cc1.O[B]Oc1ccc(-n2c3ccccc3c3ccccc32)cc1.c1ccc2oc(-c3ccc(-c4ccc(-n5c6ccccc6c6ccccc65)cc4)cc3)nc2c1. The van der Waals surface area contributed by atoms with Gasteiger partial charge in [-0.1, -0.05) is 121 Å². The third-order valence-electron chi connectivity index (χ3n) is 12.7. The summed E-state index contributed by atoms with van der Waals surface area (Å²) >= 11 is 2.28. The predicted molar refractivity (Wildman–Crippen MR) is 301 cm³/mol. The van der Waals surface area contributed by atoms with E-state index in [1.807, 2.05) is 97.1 Å². The van der Waals surface area contributed by atoms with Crippen molar-refractivity contribution in [1.82, 2.24) is 19.1 Å². The van der Waals surface area contributed by atoms with Crippen molar-refractivity contribution in [2.24, 2.45) is 0 Å². The van der Waals surface area contributed by atoms with Crippen molar-refractivity contribution in [3.05, 3.63) is 246 Å². The quantitative estimate of drug-likeness (QED) is 0.126. The molecule has 72 heavy (non-hydrogen) atoms. The van der Waals surface area contributed by atoms with Crippen LogP contribution in [0.4, 0.5) is 0 Å². The van der Waals surface area contributed by atoms with Crippen molar-refractivity contribution in [2.75, 3.05) is 0 Å². The Morgan fingerprint density at radius 3 is 1.11 bits per heavy atom. The van der Waals surface area contributed by atoms with Gasteiger partial charge in [-0.2, -0.15) is 0 Å². The fourth-order valence-corrected chi connectivity index (χ4v) is 9.69. The summed E-state index contributed by atoms with van der Waals surface area (Å²) in [6, 6.07) is 82.5. The highest BCUT2D eigenvalue weighted by Crippen LogP contribution is 2.35. The number of hydrogen-bond donors (Lipinski definition) is 1. The lowest BCUT2D eigenvalue weighted by Gasteiger charge is -2.09. The van der Waals surface area contributed by atoms with Crippen molar-refractivity contribution in [3.63, 3.8) is 0 Å². The van der Waals surface area contributed by atoms with E-state index in [0.717, 1.165) is 50.3 Å². The van der Waals surface area contributed by atoms with Gasteiger partial charge in [-0.05, 0) is 155 Å². The molecule has 0 saturated carbocycles. The number of halogens is 1. The van der Waals surface area contributed by atoms with Crippen LogP contribution in [-0.2, 0) is 0 Å². The molecule has 0 aliphatic heterocycles. The molecule has 0 saturated heterocycles. The van der Waals surface area contributed by atoms with Crippen molar-refractivity contribution in [3.8, 4) is 51.2 Å². The second-order valence-corrected chi connectivity index (χ2v) is 18.3. The van der Waals surface area contributed by atoms with E-state index in [0.29, 0.717) is 25.2 Å². The second kappa shape index (κ2) is 19.6. The summed E-state index contributed by atoms with van der Waals surface area (Å²) in [6.07, 6.45) is 0. The first-order chi connectivity index (χ1) is 35.6. The van der Waals surface area contributed by atoms with Crippen LogP contribution < -0.4 is 4.65 Å². The number of hydrogen-bond acceptors (Lipinski definition) is 6. The Morgan fingerprint density at radius 2 is 0.708 bits per heavy atom. The van der Waals surface area contributed by atoms with Crippen molar-refractivity contribution >= 4 is 96.1 Å². The number of nitrogens with zero attached hydrogens (tertiary/aromatic N) is 4. The normalized spacial score (nSPS) is 11.2. The van der Waals surface area contributed by atoms with Crippen LogP contribution in [0.1, 0.15) is 0 Å². The molecule has 14 aromatic rings. The third kappa shape index (κ3) is 8.67. The van der Waals surface area contributed by atoms with Gasteiger partial charge in [-0.3, -0.25) is 0 Å². The van der Waals surface area contributed by atoms with Crippen LogP contribution in [0.2, 0.25) is 0 Å². The van der Waals surface area contributed by atoms with Gasteiger partial charge in [0, 0.05) is 47.6 Å². The van der Waals surface area contributed by atoms with E-state index in [2.05, 4.69) is 187 Å². The predicted octanol–water partition coefficient (Wildman–Crippen LogP) is 16.0. The molecule has 14 rings (SSSR count). The van der Waals surface area contributed by atoms with Crippen molar-refractivity contribution in [1.29, 1.82) is 0 Å². The third-order valence-corrected chi connectivity index (χ3v) is 13.4. The van der Waals surface area contributed by atoms with Crippen LogP contribution in [0, 0.1) is 3.57 Å². The highest BCUT2D eigenvalue weighted by atomic mass is 127. The monoisotopic (exact) mass is 1040 g/mol. The molecule has 0 aliphatic carbocycles. The molecule has 4 aromatic heterocycles. The molecule has 0 fully saturated rings. The van der Waals surface area contributed by atoms with E-state index in [-0.39, 0.29) is 0 Å². The standard InChI is InChI=1S/C31H20N2O.C18H13BNO2.C13H8INO/c1-4-10-28-25(7-1)26-8-2-5-11-29(26)33(28)24-19-17-22(18-20-24)21-13-15-23(16-14-21)31-32-27-9-3-6-12-30(27)34-31;21-19-22-14-11-9-13(10-12-14)20-17-7-3-1-5-15(17)16-6-2-4-8-18(16)20;14-10-7-5-9(6-8-10)13-15-11-3-1-2-4-12(11)16-13/h1-20H;1-12,21H;1-8H. The van der Waals surface area contributed by atoms with Gasteiger partial charge in [0.05, 0.1) is 22.1 Å². The molecule has 1 radical (unpaired) electrons. The van der Waals surface area contributed by atoms with Gasteiger partial charge in [-0.25, -0.2) is 9.97 Å². The van der Waals surface area contributed by atoms with Crippen LogP contribution in [0.5, 0.6) is 5.75 Å². The van der Waals surface area contributed by atoms with E-state index in [1.165, 1.54) is 52.7 Å². The van der Waals surface area contributed by atoms with Gasteiger partial charge in [0.25, 0.3) is 0 Å². The Bertz CT molecular complexity index is 4010. The van der Waals surface area contributed by atoms with Gasteiger partial charge in [0.15, 0.2) is 11.2 Å². The first-order valence-corrected chi connectivity index (χ1v) is 24.5. The van der Waals surface area contributed by atoms with Crippen LogP contribution in [0.25, 0.3) is 111 Å². The molecular weight excluding hydrogens is 1000 g/mol. The Labute approximate surface area is 428 Å². The van der Waals surface area contributed by atoms with E-state index in [4.69, 9.17) is 18.5 Å². The number of para-hydroxylation sites is 8. The molecule has 0 unspecified atom stereocenters. The summed E-state index contributed by atoms with van der Waals surface area (Å²) in [5, 5.41) is 13.7.